The van der Waals surface area contributed by atoms with Crippen molar-refractivity contribution in [1.82, 2.24) is 20.0 Å². The van der Waals surface area contributed by atoms with E-state index in [1.807, 2.05) is 6.92 Å². The van der Waals surface area contributed by atoms with Crippen LogP contribution in [-0.2, 0) is 16.1 Å². The lowest BCUT2D eigenvalue weighted by Gasteiger charge is -2.23. The maximum absolute atomic E-state index is 12.5. The van der Waals surface area contributed by atoms with Crippen LogP contribution in [0.4, 0.5) is 0 Å². The predicted molar refractivity (Wildman–Crippen MR) is 86.7 cm³/mol. The van der Waals surface area contributed by atoms with E-state index in [1.165, 1.54) is 18.0 Å². The molecule has 2 amide bonds. The number of nitrogens with zero attached hydrogens (tertiary/aromatic N) is 4. The van der Waals surface area contributed by atoms with Gasteiger partial charge in [0, 0.05) is 6.54 Å². The molecule has 0 atom stereocenters. The molecule has 0 spiro atoms. The molecule has 128 valence electrons. The molecular weight excluding hydrogens is 332 g/mol. The summed E-state index contributed by atoms with van der Waals surface area (Å²) in [4.78, 5) is 27.4. The molecule has 9 heteroatoms. The molecule has 2 aromatic heterocycles. The molecule has 3 heterocycles. The first-order chi connectivity index (χ1) is 11.7. The van der Waals surface area contributed by atoms with Crippen molar-refractivity contribution in [3.05, 3.63) is 24.3 Å². The lowest BCUT2D eigenvalue weighted by atomic mass is 10.3. The van der Waals surface area contributed by atoms with Crippen LogP contribution in [0.1, 0.15) is 19.2 Å². The number of amides is 2. The molecule has 3 rings (SSSR count). The van der Waals surface area contributed by atoms with Crippen molar-refractivity contribution in [2.45, 2.75) is 19.9 Å². The van der Waals surface area contributed by atoms with E-state index >= 15 is 0 Å². The SMILES string of the molecule is CCCN(Cc1nnc(-c2ccco2)o1)C(=O)CN1CSCC1=O. The first-order valence-electron chi connectivity index (χ1n) is 7.67. The van der Waals surface area contributed by atoms with Crippen LogP contribution < -0.4 is 0 Å². The second-order valence-electron chi connectivity index (χ2n) is 5.36. The van der Waals surface area contributed by atoms with Gasteiger partial charge in [0.1, 0.15) is 6.54 Å². The van der Waals surface area contributed by atoms with E-state index in [0.29, 0.717) is 29.8 Å². The highest BCUT2D eigenvalue weighted by Crippen LogP contribution is 2.19. The number of carbonyl (C=O) groups excluding carboxylic acids is 2. The molecule has 2 aromatic rings. The van der Waals surface area contributed by atoms with Crippen LogP contribution in [-0.4, -0.2) is 56.5 Å². The van der Waals surface area contributed by atoms with Crippen molar-refractivity contribution in [2.24, 2.45) is 0 Å². The highest BCUT2D eigenvalue weighted by atomic mass is 32.2. The van der Waals surface area contributed by atoms with Gasteiger partial charge in [-0.1, -0.05) is 6.92 Å². The van der Waals surface area contributed by atoms with Crippen LogP contribution in [0.25, 0.3) is 11.7 Å². The summed E-state index contributed by atoms with van der Waals surface area (Å²) < 4.78 is 10.8. The van der Waals surface area contributed by atoms with Crippen molar-refractivity contribution in [3.8, 4) is 11.7 Å². The summed E-state index contributed by atoms with van der Waals surface area (Å²) in [5.41, 5.74) is 0. The van der Waals surface area contributed by atoms with E-state index in [-0.39, 0.29) is 30.8 Å². The summed E-state index contributed by atoms with van der Waals surface area (Å²) in [5, 5.41) is 7.90. The van der Waals surface area contributed by atoms with E-state index in [0.717, 1.165) is 6.42 Å². The molecule has 24 heavy (non-hydrogen) atoms. The average Bonchev–Trinajstić information content (AvgIpc) is 3.29. The zero-order chi connectivity index (χ0) is 16.9. The Hall–Kier alpha value is -2.29. The number of hydrogen-bond donors (Lipinski definition) is 0. The molecule has 8 nitrogen and oxygen atoms in total. The Morgan fingerprint density at radius 1 is 1.46 bits per heavy atom. The van der Waals surface area contributed by atoms with Gasteiger partial charge in [-0.15, -0.1) is 22.0 Å². The Kier molecular flexibility index (Phi) is 5.19. The van der Waals surface area contributed by atoms with Gasteiger partial charge in [-0.25, -0.2) is 0 Å². The molecular formula is C15H18N4O4S. The third-order valence-electron chi connectivity index (χ3n) is 3.52. The molecule has 0 radical (unpaired) electrons. The summed E-state index contributed by atoms with van der Waals surface area (Å²) in [6, 6.07) is 3.46. The number of carbonyl (C=O) groups is 2. The fraction of sp³-hybridized carbons (Fsp3) is 0.467. The van der Waals surface area contributed by atoms with Gasteiger partial charge >= 0.3 is 0 Å². The highest BCUT2D eigenvalue weighted by molar-refractivity contribution is 8.00. The summed E-state index contributed by atoms with van der Waals surface area (Å²) >= 11 is 1.52. The molecule has 0 bridgehead atoms. The van der Waals surface area contributed by atoms with Crippen LogP contribution in [0, 0.1) is 0 Å². The molecule has 0 unspecified atom stereocenters. The summed E-state index contributed by atoms with van der Waals surface area (Å²) in [6.45, 7) is 2.85. The topological polar surface area (TPSA) is 92.7 Å². The van der Waals surface area contributed by atoms with Gasteiger partial charge in [0.05, 0.1) is 24.4 Å². The lowest BCUT2D eigenvalue weighted by Crippen LogP contribution is -2.41. The van der Waals surface area contributed by atoms with E-state index in [1.54, 1.807) is 21.9 Å². The van der Waals surface area contributed by atoms with Crippen molar-refractivity contribution in [1.29, 1.82) is 0 Å². The van der Waals surface area contributed by atoms with E-state index < -0.39 is 0 Å². The average molecular weight is 350 g/mol. The normalized spacial score (nSPS) is 14.4. The van der Waals surface area contributed by atoms with Gasteiger partial charge in [0.25, 0.3) is 5.89 Å². The smallest absolute Gasteiger partial charge is 0.283 e. The standard InChI is InChI=1S/C15H18N4O4S/c1-2-5-18(13(20)8-19-10-24-9-14(19)21)7-12-16-17-15(23-12)11-4-3-6-22-11/h3-4,6H,2,5,7-10H2,1H3. The summed E-state index contributed by atoms with van der Waals surface area (Å²) in [7, 11) is 0. The fourth-order valence-electron chi connectivity index (χ4n) is 2.35. The Morgan fingerprint density at radius 3 is 3.00 bits per heavy atom. The Bertz CT molecular complexity index is 700. The molecule has 1 fully saturated rings. The predicted octanol–water partition coefficient (Wildman–Crippen LogP) is 1.60. The van der Waals surface area contributed by atoms with Crippen molar-refractivity contribution >= 4 is 23.6 Å². The quantitative estimate of drug-likeness (QED) is 0.749. The number of furan rings is 1. The van der Waals surface area contributed by atoms with Crippen LogP contribution in [0.3, 0.4) is 0 Å². The molecule has 0 aromatic carbocycles. The molecule has 0 N–H and O–H groups in total. The second-order valence-corrected chi connectivity index (χ2v) is 6.32. The largest absolute Gasteiger partial charge is 0.459 e. The van der Waals surface area contributed by atoms with Gasteiger partial charge in [0.2, 0.25) is 17.7 Å². The van der Waals surface area contributed by atoms with E-state index in [2.05, 4.69) is 10.2 Å². The maximum atomic E-state index is 12.5. The van der Waals surface area contributed by atoms with Crippen molar-refractivity contribution < 1.29 is 18.4 Å². The van der Waals surface area contributed by atoms with Crippen LogP contribution in [0.15, 0.2) is 27.2 Å². The Balaban J connectivity index is 1.65. The molecule has 1 saturated heterocycles. The van der Waals surface area contributed by atoms with Gasteiger partial charge < -0.3 is 18.6 Å². The van der Waals surface area contributed by atoms with Crippen molar-refractivity contribution in [2.75, 3.05) is 24.7 Å². The van der Waals surface area contributed by atoms with Gasteiger partial charge in [0.15, 0.2) is 5.76 Å². The first-order valence-corrected chi connectivity index (χ1v) is 8.82. The number of hydrogen-bond acceptors (Lipinski definition) is 7. The summed E-state index contributed by atoms with van der Waals surface area (Å²) in [6.07, 6.45) is 2.32. The minimum Gasteiger partial charge on any atom is -0.459 e. The number of thioether (sulfide) groups is 1. The lowest BCUT2D eigenvalue weighted by molar-refractivity contribution is -0.138. The highest BCUT2D eigenvalue weighted by Gasteiger charge is 2.26. The zero-order valence-electron chi connectivity index (χ0n) is 13.3. The monoisotopic (exact) mass is 350 g/mol. The molecule has 1 aliphatic rings. The number of rotatable bonds is 7. The fourth-order valence-corrected chi connectivity index (χ4v) is 3.25. The molecule has 1 aliphatic heterocycles. The van der Waals surface area contributed by atoms with Gasteiger partial charge in [-0.05, 0) is 18.6 Å². The van der Waals surface area contributed by atoms with Crippen LogP contribution in [0.2, 0.25) is 0 Å². The van der Waals surface area contributed by atoms with E-state index in [9.17, 15) is 9.59 Å². The van der Waals surface area contributed by atoms with E-state index in [4.69, 9.17) is 8.83 Å². The first kappa shape index (κ1) is 16.6. The van der Waals surface area contributed by atoms with Gasteiger partial charge in [-0.3, -0.25) is 9.59 Å². The van der Waals surface area contributed by atoms with Crippen molar-refractivity contribution in [3.63, 3.8) is 0 Å². The second kappa shape index (κ2) is 7.52. The Labute approximate surface area is 143 Å². The van der Waals surface area contributed by atoms with Gasteiger partial charge in [-0.2, -0.15) is 0 Å². The minimum absolute atomic E-state index is 0.00249. The molecule has 0 aliphatic carbocycles. The molecule has 0 saturated carbocycles. The Morgan fingerprint density at radius 2 is 2.33 bits per heavy atom. The van der Waals surface area contributed by atoms with Crippen LogP contribution in [0.5, 0.6) is 0 Å². The summed E-state index contributed by atoms with van der Waals surface area (Å²) in [5.74, 6) is 2.00. The zero-order valence-corrected chi connectivity index (χ0v) is 14.1. The minimum atomic E-state index is -0.120. The third kappa shape index (κ3) is 3.78. The maximum Gasteiger partial charge on any atom is 0.283 e. The third-order valence-corrected chi connectivity index (χ3v) is 4.47. The number of aromatic nitrogens is 2. The van der Waals surface area contributed by atoms with Crippen LogP contribution >= 0.6 is 11.8 Å².